The third kappa shape index (κ3) is 5.63. The molecule has 1 aliphatic rings. The number of hydrogen-bond acceptors (Lipinski definition) is 6. The summed E-state index contributed by atoms with van der Waals surface area (Å²) >= 11 is 0. The van der Waals surface area contributed by atoms with Crippen molar-refractivity contribution in [2.45, 2.75) is 77.0 Å². The van der Waals surface area contributed by atoms with Crippen LogP contribution in [0.4, 0.5) is 4.39 Å². The Bertz CT molecular complexity index is 1680. The number of carboxylic acids is 1. The van der Waals surface area contributed by atoms with Crippen LogP contribution < -0.4 is 5.56 Å². The highest BCUT2D eigenvalue weighted by molar-refractivity contribution is 5.72. The van der Waals surface area contributed by atoms with E-state index >= 15 is 4.39 Å². The monoisotopic (exact) mass is 557 g/mol. The van der Waals surface area contributed by atoms with E-state index in [0.29, 0.717) is 71.4 Å². The largest absolute Gasteiger partial charge is 0.479 e. The van der Waals surface area contributed by atoms with E-state index in [2.05, 4.69) is 16.2 Å². The Hall–Kier alpha value is -4.36. The Kier molecular flexibility index (Phi) is 8.26. The molecule has 2 heterocycles. The summed E-state index contributed by atoms with van der Waals surface area (Å²) in [5.41, 5.74) is 3.06. The molecule has 2 aromatic heterocycles. The van der Waals surface area contributed by atoms with Gasteiger partial charge in [-0.25, -0.2) is 13.7 Å². The van der Waals surface area contributed by atoms with Crippen molar-refractivity contribution >= 4 is 11.7 Å². The number of carboxylic acid groups (broad SMARTS) is 1. The number of ether oxygens (including phenoxy) is 1. The lowest BCUT2D eigenvalue weighted by Crippen LogP contribution is -2.36. The normalized spacial score (nSPS) is 17.8. The van der Waals surface area contributed by atoms with Gasteiger partial charge in [-0.1, -0.05) is 43.7 Å². The number of hydrogen-bond donors (Lipinski definition) is 1. The molecule has 0 radical (unpaired) electrons. The molecule has 9 nitrogen and oxygen atoms in total. The Balaban J connectivity index is 1.50. The number of halogens is 1. The molecule has 1 unspecified atom stereocenters. The number of aryl methyl sites for hydroxylation is 1. The lowest BCUT2D eigenvalue weighted by molar-refractivity contribution is -0.154. The van der Waals surface area contributed by atoms with Gasteiger partial charge in [-0.15, -0.1) is 0 Å². The van der Waals surface area contributed by atoms with Crippen molar-refractivity contribution in [1.29, 1.82) is 5.26 Å². The highest BCUT2D eigenvalue weighted by atomic mass is 19.1. The van der Waals surface area contributed by atoms with Gasteiger partial charge in [0.25, 0.3) is 5.56 Å². The summed E-state index contributed by atoms with van der Waals surface area (Å²) in [6, 6.07) is 13.9. The molecule has 1 atom stereocenters. The molecule has 1 saturated carbocycles. The number of nitriles is 1. The van der Waals surface area contributed by atoms with Crippen LogP contribution in [-0.4, -0.2) is 42.4 Å². The van der Waals surface area contributed by atoms with Crippen LogP contribution in [0, 0.1) is 17.1 Å². The maximum Gasteiger partial charge on any atom is 0.332 e. The third-order valence-corrected chi connectivity index (χ3v) is 7.85. The van der Waals surface area contributed by atoms with Crippen molar-refractivity contribution in [3.63, 3.8) is 0 Å². The molecule has 10 heteroatoms. The van der Waals surface area contributed by atoms with Gasteiger partial charge >= 0.3 is 5.97 Å². The van der Waals surface area contributed by atoms with E-state index < -0.39 is 17.9 Å². The van der Waals surface area contributed by atoms with Gasteiger partial charge in [0.1, 0.15) is 12.1 Å². The van der Waals surface area contributed by atoms with E-state index in [1.54, 1.807) is 45.5 Å². The Morgan fingerprint density at radius 2 is 1.98 bits per heavy atom. The lowest BCUT2D eigenvalue weighted by atomic mass is 9.92. The predicted molar refractivity (Wildman–Crippen MR) is 150 cm³/mol. The summed E-state index contributed by atoms with van der Waals surface area (Å²) in [5, 5.41) is 23.1. The molecule has 0 amide bonds. The van der Waals surface area contributed by atoms with Gasteiger partial charge in [-0.2, -0.15) is 15.3 Å². The fourth-order valence-electron chi connectivity index (χ4n) is 5.75. The van der Waals surface area contributed by atoms with Gasteiger partial charge in [0, 0.05) is 18.0 Å². The Morgan fingerprint density at radius 3 is 2.66 bits per heavy atom. The first-order valence-electron chi connectivity index (χ1n) is 13.9. The summed E-state index contributed by atoms with van der Waals surface area (Å²) in [4.78, 5) is 29.8. The van der Waals surface area contributed by atoms with Gasteiger partial charge in [0.2, 0.25) is 5.78 Å². The van der Waals surface area contributed by atoms with Crippen molar-refractivity contribution in [2.75, 3.05) is 0 Å². The molecule has 1 N–H and O–H groups in total. The van der Waals surface area contributed by atoms with Crippen molar-refractivity contribution in [2.24, 2.45) is 0 Å². The van der Waals surface area contributed by atoms with Crippen molar-refractivity contribution in [1.82, 2.24) is 19.2 Å². The van der Waals surface area contributed by atoms with Crippen LogP contribution in [0.1, 0.15) is 74.4 Å². The second kappa shape index (κ2) is 12.0. The maximum atomic E-state index is 15.5. The lowest BCUT2D eigenvalue weighted by Gasteiger charge is -2.31. The first kappa shape index (κ1) is 28.2. The molecule has 5 rings (SSSR count). The summed E-state index contributed by atoms with van der Waals surface area (Å²) in [6.45, 7) is 3.53. The first-order chi connectivity index (χ1) is 19.8. The van der Waals surface area contributed by atoms with Crippen LogP contribution in [0.3, 0.4) is 0 Å². The summed E-state index contributed by atoms with van der Waals surface area (Å²) < 4.78 is 24.6. The number of fused-ring (bicyclic) bond motifs is 1. The topological polar surface area (TPSA) is 123 Å². The molecule has 0 aliphatic heterocycles. The van der Waals surface area contributed by atoms with Gasteiger partial charge in [0.15, 0.2) is 6.10 Å². The molecule has 4 aromatic rings. The number of aromatic nitrogens is 4. The van der Waals surface area contributed by atoms with Gasteiger partial charge in [-0.3, -0.25) is 9.36 Å². The zero-order valence-corrected chi connectivity index (χ0v) is 23.1. The minimum atomic E-state index is -1.00. The minimum Gasteiger partial charge on any atom is -0.479 e. The highest BCUT2D eigenvalue weighted by Gasteiger charge is 2.30. The minimum absolute atomic E-state index is 0.0879. The van der Waals surface area contributed by atoms with E-state index in [0.717, 1.165) is 6.42 Å². The van der Waals surface area contributed by atoms with Gasteiger partial charge in [0.05, 0.1) is 23.4 Å². The average Bonchev–Trinajstić information content (AvgIpc) is 3.46. The molecule has 0 bridgehead atoms. The zero-order valence-electron chi connectivity index (χ0n) is 23.1. The van der Waals surface area contributed by atoms with Crippen molar-refractivity contribution in [3.8, 4) is 17.2 Å². The molecular weight excluding hydrogens is 525 g/mol. The number of aliphatic carboxylic acids is 1. The van der Waals surface area contributed by atoms with Crippen LogP contribution in [0.15, 0.2) is 53.6 Å². The van der Waals surface area contributed by atoms with E-state index in [1.165, 1.54) is 19.3 Å². The first-order valence-corrected chi connectivity index (χ1v) is 13.9. The standard InChI is InChI=1S/C31H32FN5O4/c1-3-6-28-26(15-21-10-9-20(16-27(21)32)25-8-5-4-7-22(25)17-33)29(38)36(31-34-18-35-37(28)31)23-11-13-24(14-12-23)41-19(2)30(39)40/h4-5,7-10,16,18-19,23-24H,3,6,11-15H2,1-2H3,(H,39,40). The van der Waals surface area contributed by atoms with Gasteiger partial charge < -0.3 is 9.84 Å². The predicted octanol–water partition coefficient (Wildman–Crippen LogP) is 5.09. The second-order valence-electron chi connectivity index (χ2n) is 10.5. The fraction of sp³-hybridized carbons (Fsp3) is 0.387. The van der Waals surface area contributed by atoms with Crippen LogP contribution in [0.5, 0.6) is 0 Å². The Labute approximate surface area is 236 Å². The fourth-order valence-corrected chi connectivity index (χ4v) is 5.75. The van der Waals surface area contributed by atoms with E-state index in [1.807, 2.05) is 6.92 Å². The molecule has 41 heavy (non-hydrogen) atoms. The molecule has 2 aromatic carbocycles. The number of carbonyl (C=O) groups is 1. The van der Waals surface area contributed by atoms with Gasteiger partial charge in [-0.05, 0) is 67.9 Å². The summed E-state index contributed by atoms with van der Waals surface area (Å²) in [7, 11) is 0. The van der Waals surface area contributed by atoms with E-state index in [-0.39, 0.29) is 24.1 Å². The summed E-state index contributed by atoms with van der Waals surface area (Å²) in [5.74, 6) is -0.999. The molecule has 1 aliphatic carbocycles. The van der Waals surface area contributed by atoms with E-state index in [9.17, 15) is 20.0 Å². The number of benzene rings is 2. The number of rotatable bonds is 9. The smallest absolute Gasteiger partial charge is 0.332 e. The van der Waals surface area contributed by atoms with Crippen LogP contribution >= 0.6 is 0 Å². The maximum absolute atomic E-state index is 15.5. The second-order valence-corrected chi connectivity index (χ2v) is 10.5. The van der Waals surface area contributed by atoms with Crippen LogP contribution in [0.25, 0.3) is 16.9 Å². The van der Waals surface area contributed by atoms with Crippen molar-refractivity contribution < 1.29 is 19.0 Å². The molecule has 1 fully saturated rings. The highest BCUT2D eigenvalue weighted by Crippen LogP contribution is 2.32. The quantitative estimate of drug-likeness (QED) is 0.304. The molecular formula is C31H32FN5O4. The zero-order chi connectivity index (χ0) is 29.1. The van der Waals surface area contributed by atoms with E-state index in [4.69, 9.17) is 4.74 Å². The molecule has 0 saturated heterocycles. The third-order valence-electron chi connectivity index (χ3n) is 7.85. The molecule has 212 valence electrons. The molecule has 0 spiro atoms. The average molecular weight is 558 g/mol. The van der Waals surface area contributed by atoms with Crippen molar-refractivity contribution in [3.05, 3.63) is 87.3 Å². The van der Waals surface area contributed by atoms with Crippen LogP contribution in [0.2, 0.25) is 0 Å². The Morgan fingerprint density at radius 1 is 1.22 bits per heavy atom. The summed E-state index contributed by atoms with van der Waals surface area (Å²) in [6.07, 6.45) is 4.24. The number of nitrogens with zero attached hydrogens (tertiary/aromatic N) is 5. The SMILES string of the molecule is CCCc1c(Cc2ccc(-c3ccccc3C#N)cc2F)c(=O)n(C2CCC(OC(C)C(=O)O)CC2)c2ncnn12. The van der Waals surface area contributed by atoms with Crippen LogP contribution in [-0.2, 0) is 22.4 Å².